The summed E-state index contributed by atoms with van der Waals surface area (Å²) in [5.41, 5.74) is 4.46. The molecule has 0 aliphatic rings. The van der Waals surface area contributed by atoms with Crippen LogP contribution in [0.25, 0.3) is 0 Å². The molecule has 0 spiro atoms. The van der Waals surface area contributed by atoms with Gasteiger partial charge in [0.15, 0.2) is 0 Å². The van der Waals surface area contributed by atoms with Gasteiger partial charge in [0.1, 0.15) is 11.6 Å². The van der Waals surface area contributed by atoms with E-state index >= 15 is 0 Å². The predicted molar refractivity (Wildman–Crippen MR) is 78.3 cm³/mol. The zero-order chi connectivity index (χ0) is 16.0. The van der Waals surface area contributed by atoms with Crippen molar-refractivity contribution in [3.63, 3.8) is 0 Å². The number of carbonyl (C=O) groups is 2. The van der Waals surface area contributed by atoms with Crippen LogP contribution >= 0.6 is 0 Å². The van der Waals surface area contributed by atoms with E-state index in [2.05, 4.69) is 15.6 Å². The summed E-state index contributed by atoms with van der Waals surface area (Å²) in [5.74, 6) is -1.32. The molecule has 0 atom stereocenters. The monoisotopic (exact) mass is 296 g/mol. The Morgan fingerprint density at radius 2 is 2.10 bits per heavy atom. The van der Waals surface area contributed by atoms with Crippen LogP contribution in [0.2, 0.25) is 0 Å². The molecule has 21 heavy (non-hydrogen) atoms. The number of pyridine rings is 1. The summed E-state index contributed by atoms with van der Waals surface area (Å²) < 4.78 is 13.3. The molecule has 4 N–H and O–H groups in total. The van der Waals surface area contributed by atoms with Gasteiger partial charge in [0.2, 0.25) is 5.91 Å². The van der Waals surface area contributed by atoms with E-state index in [1.54, 1.807) is 13.8 Å². The van der Waals surface area contributed by atoms with E-state index in [0.717, 1.165) is 18.7 Å². The van der Waals surface area contributed by atoms with Crippen LogP contribution in [-0.4, -0.2) is 29.9 Å². The van der Waals surface area contributed by atoms with Gasteiger partial charge in [-0.05, 0) is 26.3 Å². The Labute approximate surface area is 123 Å². The Hall–Kier alpha value is -2.18. The number of nitrogens with two attached hydrogens (primary N) is 1. The van der Waals surface area contributed by atoms with Gasteiger partial charge in [0.25, 0.3) is 5.91 Å². The molecule has 0 saturated heterocycles. The highest BCUT2D eigenvalue weighted by Gasteiger charge is 2.26. The van der Waals surface area contributed by atoms with Crippen molar-refractivity contribution in [3.05, 3.63) is 23.6 Å². The summed E-state index contributed by atoms with van der Waals surface area (Å²) in [6.45, 7) is 5.88. The number of nitrogens with one attached hydrogen (secondary N) is 2. The molecular weight excluding hydrogens is 275 g/mol. The standard InChI is InChI=1S/C14H21FN4O2/c1-4-5-17-11-10(6-9(15)7-18-11)12(20)19-8-14(2,3)13(16)21/h6-7H,4-5,8H2,1-3H3,(H2,16,21)(H,17,18)(H,19,20). The minimum Gasteiger partial charge on any atom is -0.369 e. The van der Waals surface area contributed by atoms with Crippen molar-refractivity contribution in [1.29, 1.82) is 0 Å². The highest BCUT2D eigenvalue weighted by atomic mass is 19.1. The molecule has 0 saturated carbocycles. The van der Waals surface area contributed by atoms with Crippen LogP contribution in [0.15, 0.2) is 12.3 Å². The van der Waals surface area contributed by atoms with Crippen LogP contribution in [0, 0.1) is 11.2 Å². The Bertz CT molecular complexity index is 532. The lowest BCUT2D eigenvalue weighted by atomic mass is 9.92. The van der Waals surface area contributed by atoms with E-state index in [9.17, 15) is 14.0 Å². The van der Waals surface area contributed by atoms with Gasteiger partial charge in [-0.3, -0.25) is 9.59 Å². The van der Waals surface area contributed by atoms with Crippen molar-refractivity contribution in [1.82, 2.24) is 10.3 Å². The number of amides is 2. The fourth-order valence-corrected chi connectivity index (χ4v) is 1.48. The third kappa shape index (κ3) is 4.70. The average Bonchev–Trinajstić information content (AvgIpc) is 2.43. The molecule has 1 rings (SSSR count). The van der Waals surface area contributed by atoms with E-state index in [-0.39, 0.29) is 12.1 Å². The van der Waals surface area contributed by atoms with E-state index in [4.69, 9.17) is 5.73 Å². The van der Waals surface area contributed by atoms with Gasteiger partial charge in [0, 0.05) is 13.1 Å². The van der Waals surface area contributed by atoms with Crippen molar-refractivity contribution in [3.8, 4) is 0 Å². The third-order valence-corrected chi connectivity index (χ3v) is 3.00. The number of hydrogen-bond donors (Lipinski definition) is 3. The number of anilines is 1. The fourth-order valence-electron chi connectivity index (χ4n) is 1.48. The van der Waals surface area contributed by atoms with Crippen LogP contribution in [0.1, 0.15) is 37.6 Å². The van der Waals surface area contributed by atoms with Gasteiger partial charge in [-0.25, -0.2) is 9.37 Å². The minimum absolute atomic E-state index is 0.0604. The topological polar surface area (TPSA) is 97.1 Å². The van der Waals surface area contributed by atoms with Crippen molar-refractivity contribution in [2.45, 2.75) is 27.2 Å². The second-order valence-corrected chi connectivity index (χ2v) is 5.41. The summed E-state index contributed by atoms with van der Waals surface area (Å²) in [5, 5.41) is 5.54. The second kappa shape index (κ2) is 7.01. The first kappa shape index (κ1) is 16.9. The van der Waals surface area contributed by atoms with Crippen molar-refractivity contribution < 1.29 is 14.0 Å². The SMILES string of the molecule is CCCNc1ncc(F)cc1C(=O)NCC(C)(C)C(N)=O. The predicted octanol–water partition coefficient (Wildman–Crippen LogP) is 1.28. The zero-order valence-corrected chi connectivity index (χ0v) is 12.5. The number of halogens is 1. The van der Waals surface area contributed by atoms with Crippen LogP contribution in [0.4, 0.5) is 10.2 Å². The molecular formula is C14H21FN4O2. The van der Waals surface area contributed by atoms with Gasteiger partial charge in [0.05, 0.1) is 17.2 Å². The Morgan fingerprint density at radius 1 is 1.43 bits per heavy atom. The van der Waals surface area contributed by atoms with Crippen molar-refractivity contribution >= 4 is 17.6 Å². The molecule has 116 valence electrons. The smallest absolute Gasteiger partial charge is 0.255 e. The maximum Gasteiger partial charge on any atom is 0.255 e. The minimum atomic E-state index is -0.882. The maximum absolute atomic E-state index is 13.3. The molecule has 0 unspecified atom stereocenters. The first-order valence-corrected chi connectivity index (χ1v) is 6.75. The molecule has 2 amide bonds. The van der Waals surface area contributed by atoms with Crippen LogP contribution in [0.5, 0.6) is 0 Å². The summed E-state index contributed by atoms with van der Waals surface area (Å²) in [7, 11) is 0. The normalized spacial score (nSPS) is 11.0. The number of carbonyl (C=O) groups excluding carboxylic acids is 2. The maximum atomic E-state index is 13.3. The summed E-state index contributed by atoms with van der Waals surface area (Å²) >= 11 is 0. The molecule has 0 aliphatic heterocycles. The molecule has 1 aromatic rings. The molecule has 0 radical (unpaired) electrons. The molecule has 1 heterocycles. The molecule has 0 aromatic carbocycles. The van der Waals surface area contributed by atoms with E-state index in [1.807, 2.05) is 6.92 Å². The highest BCUT2D eigenvalue weighted by molar-refractivity contribution is 5.99. The number of nitrogens with zero attached hydrogens (tertiary/aromatic N) is 1. The van der Waals surface area contributed by atoms with Crippen LogP contribution in [-0.2, 0) is 4.79 Å². The highest BCUT2D eigenvalue weighted by Crippen LogP contribution is 2.16. The Balaban J connectivity index is 2.86. The lowest BCUT2D eigenvalue weighted by Gasteiger charge is -2.21. The lowest BCUT2D eigenvalue weighted by molar-refractivity contribution is -0.125. The van der Waals surface area contributed by atoms with Gasteiger partial charge >= 0.3 is 0 Å². The lowest BCUT2D eigenvalue weighted by Crippen LogP contribution is -2.42. The fraction of sp³-hybridized carbons (Fsp3) is 0.500. The number of hydrogen-bond acceptors (Lipinski definition) is 4. The first-order chi connectivity index (χ1) is 9.77. The van der Waals surface area contributed by atoms with Crippen molar-refractivity contribution in [2.24, 2.45) is 11.1 Å². The molecule has 0 aliphatic carbocycles. The molecule has 0 bridgehead atoms. The van der Waals surface area contributed by atoms with Gasteiger partial charge < -0.3 is 16.4 Å². The largest absolute Gasteiger partial charge is 0.369 e. The molecule has 6 nitrogen and oxygen atoms in total. The number of aromatic nitrogens is 1. The van der Waals surface area contributed by atoms with Crippen LogP contribution < -0.4 is 16.4 Å². The Morgan fingerprint density at radius 3 is 2.67 bits per heavy atom. The van der Waals surface area contributed by atoms with Crippen molar-refractivity contribution in [2.75, 3.05) is 18.4 Å². The molecule has 1 aromatic heterocycles. The molecule has 7 heteroatoms. The zero-order valence-electron chi connectivity index (χ0n) is 12.5. The summed E-state index contributed by atoms with van der Waals surface area (Å²) in [6.07, 6.45) is 1.89. The van der Waals surface area contributed by atoms with E-state index < -0.39 is 23.0 Å². The van der Waals surface area contributed by atoms with E-state index in [1.165, 1.54) is 0 Å². The van der Waals surface area contributed by atoms with E-state index in [0.29, 0.717) is 12.4 Å². The van der Waals surface area contributed by atoms with Crippen LogP contribution in [0.3, 0.4) is 0 Å². The van der Waals surface area contributed by atoms with Gasteiger partial charge in [-0.2, -0.15) is 0 Å². The summed E-state index contributed by atoms with van der Waals surface area (Å²) in [6, 6.07) is 1.11. The number of primary amides is 1. The first-order valence-electron chi connectivity index (χ1n) is 6.75. The number of rotatable bonds is 7. The van der Waals surface area contributed by atoms with Gasteiger partial charge in [-0.15, -0.1) is 0 Å². The second-order valence-electron chi connectivity index (χ2n) is 5.41. The van der Waals surface area contributed by atoms with Gasteiger partial charge in [-0.1, -0.05) is 6.92 Å². The summed E-state index contributed by atoms with van der Waals surface area (Å²) in [4.78, 5) is 27.2. The molecule has 0 fully saturated rings. The average molecular weight is 296 g/mol. The Kier molecular flexibility index (Phi) is 5.63. The quantitative estimate of drug-likeness (QED) is 0.706. The third-order valence-electron chi connectivity index (χ3n) is 3.00.